The highest BCUT2D eigenvalue weighted by atomic mass is 19.2. The third-order valence-electron chi connectivity index (χ3n) is 5.86. The third kappa shape index (κ3) is 6.49. The van der Waals surface area contributed by atoms with Gasteiger partial charge in [-0.3, -0.25) is 9.69 Å². The van der Waals surface area contributed by atoms with E-state index in [4.69, 9.17) is 5.73 Å². The normalized spacial score (nSPS) is 10.8. The number of aromatic nitrogens is 2. The van der Waals surface area contributed by atoms with Crippen molar-refractivity contribution < 1.29 is 22.4 Å². The fourth-order valence-electron chi connectivity index (χ4n) is 3.68. The van der Waals surface area contributed by atoms with Gasteiger partial charge in [-0.25, -0.2) is 27.5 Å². The summed E-state index contributed by atoms with van der Waals surface area (Å²) in [6.45, 7) is 5.08. The van der Waals surface area contributed by atoms with Gasteiger partial charge in [-0.05, 0) is 36.3 Å². The molecule has 9 heteroatoms. The zero-order valence-electron chi connectivity index (χ0n) is 22.0. The zero-order valence-corrected chi connectivity index (χ0v) is 22.0. The smallest absolute Gasteiger partial charge is 0.232 e. The van der Waals surface area contributed by atoms with Crippen LogP contribution in [0.5, 0.6) is 0 Å². The molecule has 0 aliphatic heterocycles. The molecule has 2 N–H and O–H groups in total. The fraction of sp³-hybridized carbons (Fsp3) is 0.167. The molecule has 0 saturated heterocycles. The maximum absolute atomic E-state index is 14.4. The number of carbonyl (C=O) groups excluding carboxylic acids is 1. The number of nitrogens with zero attached hydrogens (tertiary/aromatic N) is 3. The van der Waals surface area contributed by atoms with E-state index in [1.165, 1.54) is 13.2 Å². The van der Waals surface area contributed by atoms with E-state index in [9.17, 15) is 22.4 Å². The monoisotopic (exact) mass is 536 g/mol. The predicted octanol–water partition coefficient (Wildman–Crippen LogP) is 6.99. The van der Waals surface area contributed by atoms with Crippen LogP contribution in [0.25, 0.3) is 23.4 Å². The van der Waals surface area contributed by atoms with E-state index >= 15 is 0 Å². The summed E-state index contributed by atoms with van der Waals surface area (Å²) < 4.78 is 55.8. The highest BCUT2D eigenvalue weighted by molar-refractivity contribution is 5.95. The Kier molecular flexibility index (Phi) is 9.54. The van der Waals surface area contributed by atoms with Gasteiger partial charge in [-0.1, -0.05) is 62.4 Å². The highest BCUT2D eigenvalue weighted by Gasteiger charge is 2.26. The first-order valence-electron chi connectivity index (χ1n) is 12.2. The molecule has 3 aromatic carbocycles. The van der Waals surface area contributed by atoms with Crippen molar-refractivity contribution in [2.75, 3.05) is 17.7 Å². The minimum absolute atomic E-state index is 0.137. The SMILES string of the molecule is CC.Cc1c(F)c(F)c(F)c(F)c1CC(=O)N(C)c1ncc(-c2ccc(N)cc2)nc1/C=C/c1ccccc1. The number of likely N-dealkylation sites (N-methyl/N-ethyl adjacent to an activating group) is 1. The lowest BCUT2D eigenvalue weighted by Crippen LogP contribution is -2.30. The van der Waals surface area contributed by atoms with Crippen molar-refractivity contribution in [1.29, 1.82) is 0 Å². The van der Waals surface area contributed by atoms with Gasteiger partial charge in [0.2, 0.25) is 5.91 Å². The van der Waals surface area contributed by atoms with E-state index in [0.717, 1.165) is 23.0 Å². The van der Waals surface area contributed by atoms with Gasteiger partial charge in [0.15, 0.2) is 29.1 Å². The quantitative estimate of drug-likeness (QED) is 0.125. The molecule has 202 valence electrons. The molecule has 4 aromatic rings. The minimum Gasteiger partial charge on any atom is -0.399 e. The van der Waals surface area contributed by atoms with Crippen molar-refractivity contribution in [3.05, 3.63) is 106 Å². The van der Waals surface area contributed by atoms with Crippen LogP contribution in [-0.4, -0.2) is 22.9 Å². The van der Waals surface area contributed by atoms with Gasteiger partial charge in [-0.2, -0.15) is 0 Å². The first-order valence-corrected chi connectivity index (χ1v) is 12.2. The second-order valence-electron chi connectivity index (χ2n) is 8.32. The summed E-state index contributed by atoms with van der Waals surface area (Å²) in [5.41, 5.74) is 7.76. The van der Waals surface area contributed by atoms with E-state index < -0.39 is 46.7 Å². The summed E-state index contributed by atoms with van der Waals surface area (Å²) >= 11 is 0. The van der Waals surface area contributed by atoms with E-state index in [-0.39, 0.29) is 5.82 Å². The van der Waals surface area contributed by atoms with E-state index in [2.05, 4.69) is 9.97 Å². The Morgan fingerprint density at radius 3 is 2.15 bits per heavy atom. The molecule has 0 spiro atoms. The number of halogens is 4. The third-order valence-corrected chi connectivity index (χ3v) is 5.86. The van der Waals surface area contributed by atoms with Crippen LogP contribution in [0.2, 0.25) is 0 Å². The van der Waals surface area contributed by atoms with E-state index in [0.29, 0.717) is 17.1 Å². The molecule has 0 atom stereocenters. The highest BCUT2D eigenvalue weighted by Crippen LogP contribution is 2.27. The van der Waals surface area contributed by atoms with E-state index in [1.54, 1.807) is 36.4 Å². The molecule has 0 aliphatic carbocycles. The van der Waals surface area contributed by atoms with Gasteiger partial charge in [0.05, 0.1) is 18.3 Å². The van der Waals surface area contributed by atoms with Gasteiger partial charge < -0.3 is 5.73 Å². The maximum atomic E-state index is 14.4. The summed E-state index contributed by atoms with van der Waals surface area (Å²) in [6, 6.07) is 16.4. The van der Waals surface area contributed by atoms with Crippen LogP contribution < -0.4 is 10.6 Å². The molecule has 0 saturated carbocycles. The summed E-state index contributed by atoms with van der Waals surface area (Å²) in [6.07, 6.45) is 4.21. The van der Waals surface area contributed by atoms with Crippen LogP contribution in [0.1, 0.15) is 36.2 Å². The average molecular weight is 537 g/mol. The largest absolute Gasteiger partial charge is 0.399 e. The molecule has 0 radical (unpaired) electrons. The van der Waals surface area contributed by atoms with Gasteiger partial charge in [0.25, 0.3) is 0 Å². The summed E-state index contributed by atoms with van der Waals surface area (Å²) in [7, 11) is 1.39. The number of anilines is 2. The van der Waals surface area contributed by atoms with Gasteiger partial charge >= 0.3 is 0 Å². The average Bonchev–Trinajstić information content (AvgIpc) is 2.97. The number of carbonyl (C=O) groups is 1. The van der Waals surface area contributed by atoms with Crippen molar-refractivity contribution in [3.63, 3.8) is 0 Å². The summed E-state index contributed by atoms with van der Waals surface area (Å²) in [4.78, 5) is 23.2. The number of hydrogen-bond acceptors (Lipinski definition) is 4. The van der Waals surface area contributed by atoms with Gasteiger partial charge in [-0.15, -0.1) is 0 Å². The van der Waals surface area contributed by atoms with Crippen LogP contribution in [0.15, 0.2) is 60.8 Å². The topological polar surface area (TPSA) is 72.1 Å². The number of hydrogen-bond donors (Lipinski definition) is 1. The molecule has 39 heavy (non-hydrogen) atoms. The maximum Gasteiger partial charge on any atom is 0.232 e. The number of amides is 1. The predicted molar refractivity (Wildman–Crippen MR) is 147 cm³/mol. The molecule has 0 aliphatic rings. The molecule has 5 nitrogen and oxygen atoms in total. The Morgan fingerprint density at radius 1 is 0.897 bits per heavy atom. The van der Waals surface area contributed by atoms with Crippen LogP contribution in [0, 0.1) is 30.2 Å². The number of rotatable bonds is 6. The molecular weight excluding hydrogens is 508 g/mol. The zero-order chi connectivity index (χ0) is 28.7. The Bertz CT molecular complexity index is 1460. The Balaban J connectivity index is 0.00000205. The van der Waals surface area contributed by atoms with Crippen LogP contribution in [-0.2, 0) is 11.2 Å². The molecule has 4 rings (SSSR count). The molecule has 0 unspecified atom stereocenters. The summed E-state index contributed by atoms with van der Waals surface area (Å²) in [5, 5.41) is 0. The first kappa shape index (κ1) is 29.0. The van der Waals surface area contributed by atoms with Crippen molar-refractivity contribution in [1.82, 2.24) is 9.97 Å². The van der Waals surface area contributed by atoms with Gasteiger partial charge in [0, 0.05) is 23.9 Å². The molecule has 0 fully saturated rings. The lowest BCUT2D eigenvalue weighted by atomic mass is 10.0. The second kappa shape index (κ2) is 12.8. The molecular formula is C30H28F4N4O. The molecule has 1 aromatic heterocycles. The summed E-state index contributed by atoms with van der Waals surface area (Å²) in [5.74, 6) is -7.62. The van der Waals surface area contributed by atoms with Crippen molar-refractivity contribution in [3.8, 4) is 11.3 Å². The Hall–Kier alpha value is -4.53. The van der Waals surface area contributed by atoms with Crippen LogP contribution in [0.4, 0.5) is 29.1 Å². The molecule has 1 heterocycles. The lowest BCUT2D eigenvalue weighted by Gasteiger charge is -2.20. The van der Waals surface area contributed by atoms with Crippen molar-refractivity contribution in [2.45, 2.75) is 27.2 Å². The molecule has 0 bridgehead atoms. The Morgan fingerprint density at radius 2 is 1.51 bits per heavy atom. The van der Waals surface area contributed by atoms with E-state index in [1.807, 2.05) is 44.2 Å². The van der Waals surface area contributed by atoms with Crippen LogP contribution in [0.3, 0.4) is 0 Å². The Labute approximate surface area is 224 Å². The standard InChI is InChI=1S/C28H22F4N4O.C2H6/c1-16-20(25(30)27(32)26(31)24(16)29)14-23(37)36(2)28-21(13-8-17-6-4-3-5-7-17)35-22(15-34-28)18-9-11-19(33)12-10-18;1-2/h3-13,15H,14,33H2,1-2H3;1-2H3/b13-8+;. The lowest BCUT2D eigenvalue weighted by molar-refractivity contribution is -0.117. The second-order valence-corrected chi connectivity index (χ2v) is 8.32. The first-order chi connectivity index (χ1) is 18.7. The fourth-order valence-corrected chi connectivity index (χ4v) is 3.68. The number of benzene rings is 3. The van der Waals surface area contributed by atoms with Crippen molar-refractivity contribution in [2.24, 2.45) is 0 Å². The van der Waals surface area contributed by atoms with Gasteiger partial charge in [0.1, 0.15) is 5.69 Å². The minimum atomic E-state index is -1.97. The van der Waals surface area contributed by atoms with Crippen LogP contribution >= 0.6 is 0 Å². The molecule has 1 amide bonds. The number of nitrogens with two attached hydrogens (primary N) is 1. The van der Waals surface area contributed by atoms with Crippen molar-refractivity contribution >= 4 is 29.6 Å². The number of nitrogen functional groups attached to an aromatic ring is 1.